The average molecular weight is 479 g/mol. The summed E-state index contributed by atoms with van der Waals surface area (Å²) in [6, 6.07) is 10.5. The Hall–Kier alpha value is -3.15. The lowest BCUT2D eigenvalue weighted by Crippen LogP contribution is -2.40. The fraction of sp³-hybridized carbons (Fsp3) is 0.364. The fourth-order valence-corrected chi connectivity index (χ4v) is 4.61. The Morgan fingerprint density at radius 1 is 1.06 bits per heavy atom. The molecule has 1 amide bonds. The van der Waals surface area contributed by atoms with Gasteiger partial charge in [0.2, 0.25) is 10.0 Å². The second-order valence-electron chi connectivity index (χ2n) is 7.15. The van der Waals surface area contributed by atoms with E-state index in [1.165, 1.54) is 55.8 Å². The quantitative estimate of drug-likeness (QED) is 0.572. The molecule has 0 unspecified atom stereocenters. The van der Waals surface area contributed by atoms with Gasteiger partial charge in [-0.05, 0) is 37.3 Å². The predicted molar refractivity (Wildman–Crippen MR) is 119 cm³/mol. The van der Waals surface area contributed by atoms with Gasteiger partial charge in [0.25, 0.3) is 5.91 Å². The molecule has 0 aromatic heterocycles. The van der Waals surface area contributed by atoms with E-state index in [-0.39, 0.29) is 35.0 Å². The van der Waals surface area contributed by atoms with E-state index in [0.29, 0.717) is 19.0 Å². The summed E-state index contributed by atoms with van der Waals surface area (Å²) in [4.78, 5) is 25.2. The Kier molecular flexibility index (Phi) is 7.90. The summed E-state index contributed by atoms with van der Waals surface area (Å²) in [5.41, 5.74) is 0.399. The number of carbonyl (C=O) groups is 2. The largest absolute Gasteiger partial charge is 0.497 e. The number of benzene rings is 2. The summed E-state index contributed by atoms with van der Waals surface area (Å²) < 4.78 is 47.8. The number of hydrogen-bond donors (Lipinski definition) is 1. The molecule has 33 heavy (non-hydrogen) atoms. The first kappa shape index (κ1) is 24.5. The van der Waals surface area contributed by atoms with Gasteiger partial charge in [0.05, 0.1) is 32.3 Å². The molecule has 1 fully saturated rings. The SMILES string of the molecule is COc1ccc(C(=O)O[C@@H](C)C(=O)Nc2cccc(S(=O)(=O)N3CCOCC3)c2)c(OC)c1. The number of nitrogens with zero attached hydrogens (tertiary/aromatic N) is 1. The summed E-state index contributed by atoms with van der Waals surface area (Å²) in [5, 5.41) is 2.59. The molecule has 3 rings (SSSR count). The Morgan fingerprint density at radius 2 is 1.79 bits per heavy atom. The van der Waals surface area contributed by atoms with Crippen LogP contribution in [0.3, 0.4) is 0 Å². The molecule has 0 saturated carbocycles. The van der Waals surface area contributed by atoms with Crippen LogP contribution >= 0.6 is 0 Å². The first-order valence-electron chi connectivity index (χ1n) is 10.2. The normalized spacial score (nSPS) is 15.4. The summed E-state index contributed by atoms with van der Waals surface area (Å²) in [6.07, 6.45) is -1.15. The highest BCUT2D eigenvalue weighted by atomic mass is 32.2. The molecule has 2 aromatic carbocycles. The van der Waals surface area contributed by atoms with Gasteiger partial charge in [-0.15, -0.1) is 0 Å². The number of methoxy groups -OCH3 is 2. The minimum atomic E-state index is -3.72. The molecular weight excluding hydrogens is 452 g/mol. The molecule has 0 radical (unpaired) electrons. The average Bonchev–Trinajstić information content (AvgIpc) is 2.84. The lowest BCUT2D eigenvalue weighted by molar-refractivity contribution is -0.123. The maximum atomic E-state index is 12.8. The van der Waals surface area contributed by atoms with E-state index in [9.17, 15) is 18.0 Å². The first-order valence-corrected chi connectivity index (χ1v) is 11.6. The number of anilines is 1. The van der Waals surface area contributed by atoms with Crippen molar-refractivity contribution in [2.45, 2.75) is 17.9 Å². The van der Waals surface area contributed by atoms with Crippen LogP contribution in [-0.4, -0.2) is 71.2 Å². The van der Waals surface area contributed by atoms with Crippen molar-refractivity contribution in [1.82, 2.24) is 4.31 Å². The van der Waals surface area contributed by atoms with Crippen LogP contribution in [0.15, 0.2) is 47.4 Å². The van der Waals surface area contributed by atoms with Crippen molar-refractivity contribution in [2.75, 3.05) is 45.8 Å². The highest BCUT2D eigenvalue weighted by Crippen LogP contribution is 2.26. The second kappa shape index (κ2) is 10.6. The smallest absolute Gasteiger partial charge is 0.342 e. The molecule has 11 heteroatoms. The second-order valence-corrected chi connectivity index (χ2v) is 9.09. The Bertz CT molecular complexity index is 1110. The lowest BCUT2D eigenvalue weighted by atomic mass is 10.2. The molecule has 10 nitrogen and oxygen atoms in total. The van der Waals surface area contributed by atoms with Gasteiger partial charge >= 0.3 is 5.97 Å². The van der Waals surface area contributed by atoms with Gasteiger partial charge in [-0.3, -0.25) is 4.79 Å². The van der Waals surface area contributed by atoms with Crippen molar-refractivity contribution in [3.8, 4) is 11.5 Å². The molecule has 2 aromatic rings. The summed E-state index contributed by atoms with van der Waals surface area (Å²) in [6.45, 7) is 2.61. The summed E-state index contributed by atoms with van der Waals surface area (Å²) in [5.74, 6) is -0.619. The van der Waals surface area contributed by atoms with E-state index in [2.05, 4.69) is 5.32 Å². The van der Waals surface area contributed by atoms with Crippen LogP contribution in [0.25, 0.3) is 0 Å². The minimum absolute atomic E-state index is 0.0508. The van der Waals surface area contributed by atoms with Gasteiger partial charge in [0, 0.05) is 24.8 Å². The highest BCUT2D eigenvalue weighted by molar-refractivity contribution is 7.89. The standard InChI is InChI=1S/C22H26N2O8S/c1-15(32-22(26)19-8-7-17(29-2)14-20(19)30-3)21(25)23-16-5-4-6-18(13-16)33(27,28)24-9-11-31-12-10-24/h4-8,13-15H,9-12H2,1-3H3,(H,23,25)/t15-/m0/s1. The zero-order valence-corrected chi connectivity index (χ0v) is 19.4. The predicted octanol–water partition coefficient (Wildman–Crippen LogP) is 1.91. The van der Waals surface area contributed by atoms with Gasteiger partial charge in [0.1, 0.15) is 17.1 Å². The van der Waals surface area contributed by atoms with Gasteiger partial charge in [-0.1, -0.05) is 6.07 Å². The number of rotatable bonds is 8. The van der Waals surface area contributed by atoms with E-state index in [1.54, 1.807) is 12.1 Å². The number of ether oxygens (including phenoxy) is 4. The van der Waals surface area contributed by atoms with Crippen LogP contribution in [0.2, 0.25) is 0 Å². The molecule has 1 atom stereocenters. The van der Waals surface area contributed by atoms with Crippen LogP contribution < -0.4 is 14.8 Å². The van der Waals surface area contributed by atoms with Crippen LogP contribution in [0, 0.1) is 0 Å². The summed E-state index contributed by atoms with van der Waals surface area (Å²) >= 11 is 0. The third-order valence-electron chi connectivity index (χ3n) is 4.99. The fourth-order valence-electron chi connectivity index (χ4n) is 3.16. The maximum absolute atomic E-state index is 12.8. The van der Waals surface area contributed by atoms with E-state index >= 15 is 0 Å². The zero-order valence-electron chi connectivity index (χ0n) is 18.6. The highest BCUT2D eigenvalue weighted by Gasteiger charge is 2.27. The third kappa shape index (κ3) is 5.81. The van der Waals surface area contributed by atoms with E-state index in [4.69, 9.17) is 18.9 Å². The van der Waals surface area contributed by atoms with Gasteiger partial charge in [0.15, 0.2) is 6.10 Å². The number of hydrogen-bond acceptors (Lipinski definition) is 8. The van der Waals surface area contributed by atoms with Crippen molar-refractivity contribution in [2.24, 2.45) is 0 Å². The Labute approximate surface area is 192 Å². The van der Waals surface area contributed by atoms with E-state index < -0.39 is 28.0 Å². The minimum Gasteiger partial charge on any atom is -0.497 e. The van der Waals surface area contributed by atoms with Crippen LogP contribution in [0.4, 0.5) is 5.69 Å². The summed E-state index contributed by atoms with van der Waals surface area (Å²) in [7, 11) is -0.828. The number of carbonyl (C=O) groups excluding carboxylic acids is 2. The molecule has 1 saturated heterocycles. The molecule has 178 valence electrons. The molecule has 1 aliphatic heterocycles. The number of nitrogens with one attached hydrogen (secondary N) is 1. The molecular formula is C22H26N2O8S. The number of amides is 1. The molecule has 0 aliphatic carbocycles. The van der Waals surface area contributed by atoms with Crippen molar-refractivity contribution in [3.05, 3.63) is 48.0 Å². The Balaban J connectivity index is 1.68. The molecule has 0 spiro atoms. The number of esters is 1. The molecule has 1 N–H and O–H groups in total. The van der Waals surface area contributed by atoms with Gasteiger partial charge in [-0.25, -0.2) is 13.2 Å². The van der Waals surface area contributed by atoms with Crippen LogP contribution in [0.1, 0.15) is 17.3 Å². The van der Waals surface area contributed by atoms with E-state index in [1.807, 2.05) is 0 Å². The van der Waals surface area contributed by atoms with Gasteiger partial charge in [-0.2, -0.15) is 4.31 Å². The molecule has 0 bridgehead atoms. The lowest BCUT2D eigenvalue weighted by Gasteiger charge is -2.26. The van der Waals surface area contributed by atoms with Crippen LogP contribution in [-0.2, 0) is 24.3 Å². The number of sulfonamides is 1. The maximum Gasteiger partial charge on any atom is 0.342 e. The first-order chi connectivity index (χ1) is 15.8. The zero-order chi connectivity index (χ0) is 24.0. The van der Waals surface area contributed by atoms with Crippen molar-refractivity contribution in [3.63, 3.8) is 0 Å². The number of morpholine rings is 1. The van der Waals surface area contributed by atoms with Crippen molar-refractivity contribution >= 4 is 27.6 Å². The third-order valence-corrected chi connectivity index (χ3v) is 6.89. The topological polar surface area (TPSA) is 120 Å². The van der Waals surface area contributed by atoms with Crippen LogP contribution in [0.5, 0.6) is 11.5 Å². The molecule has 1 heterocycles. The van der Waals surface area contributed by atoms with Gasteiger partial charge < -0.3 is 24.3 Å². The van der Waals surface area contributed by atoms with Crippen molar-refractivity contribution < 1.29 is 37.0 Å². The van der Waals surface area contributed by atoms with Crippen molar-refractivity contribution in [1.29, 1.82) is 0 Å². The van der Waals surface area contributed by atoms with E-state index in [0.717, 1.165) is 0 Å². The molecule has 1 aliphatic rings. The Morgan fingerprint density at radius 3 is 2.45 bits per heavy atom. The monoisotopic (exact) mass is 478 g/mol.